The number of amides is 1. The van der Waals surface area contributed by atoms with Crippen LogP contribution in [0.4, 0.5) is 0 Å². The molecule has 3 rings (SSSR count). The third-order valence-electron chi connectivity index (χ3n) is 5.90. The normalized spacial score (nSPS) is 16.4. The number of nitrogens with one attached hydrogen (secondary N) is 2. The summed E-state index contributed by atoms with van der Waals surface area (Å²) in [5, 5.41) is 13.1. The first kappa shape index (κ1) is 22.8. The number of hydrogen-bond acceptors (Lipinski definition) is 4. The van der Waals surface area contributed by atoms with Gasteiger partial charge in [0, 0.05) is 12.5 Å². The fourth-order valence-electron chi connectivity index (χ4n) is 4.25. The van der Waals surface area contributed by atoms with E-state index in [0.717, 1.165) is 36.8 Å². The maximum atomic E-state index is 12.6. The molecule has 1 aliphatic rings. The zero-order valence-electron chi connectivity index (χ0n) is 18.6. The van der Waals surface area contributed by atoms with Crippen LogP contribution in [0.3, 0.4) is 0 Å². The highest BCUT2D eigenvalue weighted by Crippen LogP contribution is 2.23. The van der Waals surface area contributed by atoms with E-state index < -0.39 is 0 Å². The van der Waals surface area contributed by atoms with Gasteiger partial charge in [0.2, 0.25) is 5.91 Å². The fraction of sp³-hybridized carbons (Fsp3) is 0.609. The highest BCUT2D eigenvalue weighted by Gasteiger charge is 2.25. The lowest BCUT2D eigenvalue weighted by molar-refractivity contribution is -0.893. The van der Waals surface area contributed by atoms with Gasteiger partial charge >= 0.3 is 0 Å². The van der Waals surface area contributed by atoms with Crippen LogP contribution in [0.25, 0.3) is 0 Å². The summed E-state index contributed by atoms with van der Waals surface area (Å²) >= 11 is 1.50. The van der Waals surface area contributed by atoms with E-state index in [1.165, 1.54) is 47.9 Å². The minimum Gasteiger partial charge on any atom is -0.353 e. The molecule has 0 aliphatic heterocycles. The number of hydrogen-bond donors (Lipinski definition) is 2. The average Bonchev–Trinajstić information content (AvgIpc) is 2.94. The van der Waals surface area contributed by atoms with Gasteiger partial charge in [-0.3, -0.25) is 9.36 Å². The van der Waals surface area contributed by atoms with Crippen molar-refractivity contribution in [3.05, 3.63) is 41.7 Å². The highest BCUT2D eigenvalue weighted by atomic mass is 32.2. The summed E-state index contributed by atoms with van der Waals surface area (Å²) < 4.78 is 2.19. The lowest BCUT2D eigenvalue weighted by atomic mass is 10.1. The van der Waals surface area contributed by atoms with Crippen molar-refractivity contribution in [3.63, 3.8) is 0 Å². The number of quaternary nitrogens is 1. The second-order valence-electron chi connectivity index (χ2n) is 8.50. The Morgan fingerprint density at radius 1 is 1.17 bits per heavy atom. The second-order valence-corrected chi connectivity index (χ2v) is 9.44. The Balaban J connectivity index is 1.71. The minimum absolute atomic E-state index is 0.105. The molecule has 0 unspecified atom stereocenters. The molecule has 1 aliphatic carbocycles. The van der Waals surface area contributed by atoms with Crippen molar-refractivity contribution in [2.24, 2.45) is 0 Å². The molecule has 0 radical (unpaired) electrons. The molecule has 1 heterocycles. The molecule has 0 bridgehead atoms. The van der Waals surface area contributed by atoms with Gasteiger partial charge in [-0.1, -0.05) is 74.7 Å². The largest absolute Gasteiger partial charge is 0.353 e. The monoisotopic (exact) mass is 430 g/mol. The standard InChI is InChI=1S/C23H35N5OS/c1-4-20(27(2)3)22-25-26-23(28(22)16-18-12-8-7-9-13-18)30-17-21(29)24-19-14-10-5-6-11-15-19/h7-9,12-13,19-20H,4-6,10-11,14-17H2,1-3H3,(H,24,29)/p+1/t20-/m1/s1. The molecule has 1 atom stereocenters. The summed E-state index contributed by atoms with van der Waals surface area (Å²) in [5.41, 5.74) is 1.21. The Kier molecular flexibility index (Phi) is 8.75. The third-order valence-corrected chi connectivity index (χ3v) is 6.87. The zero-order valence-corrected chi connectivity index (χ0v) is 19.4. The molecule has 1 fully saturated rings. The fourth-order valence-corrected chi connectivity index (χ4v) is 5.01. The molecular formula is C23H36N5OS+. The first-order valence-corrected chi connectivity index (χ1v) is 12.3. The Labute approximate surface area is 184 Å². The predicted molar refractivity (Wildman–Crippen MR) is 122 cm³/mol. The summed E-state index contributed by atoms with van der Waals surface area (Å²) in [5.74, 6) is 1.48. The first-order chi connectivity index (χ1) is 14.6. The van der Waals surface area contributed by atoms with Gasteiger partial charge in [0.05, 0.1) is 26.4 Å². The van der Waals surface area contributed by atoms with Crippen LogP contribution in [0.5, 0.6) is 0 Å². The number of rotatable bonds is 9. The van der Waals surface area contributed by atoms with Crippen molar-refractivity contribution in [3.8, 4) is 0 Å². The molecule has 6 nitrogen and oxygen atoms in total. The Morgan fingerprint density at radius 3 is 2.50 bits per heavy atom. The number of benzene rings is 1. The maximum absolute atomic E-state index is 12.6. The lowest BCUT2D eigenvalue weighted by Gasteiger charge is -2.20. The van der Waals surface area contributed by atoms with Crippen LogP contribution in [0.15, 0.2) is 35.5 Å². The molecule has 7 heteroatoms. The van der Waals surface area contributed by atoms with E-state index in [9.17, 15) is 4.79 Å². The third kappa shape index (κ3) is 6.32. The van der Waals surface area contributed by atoms with E-state index in [1.54, 1.807) is 0 Å². The highest BCUT2D eigenvalue weighted by molar-refractivity contribution is 7.99. The van der Waals surface area contributed by atoms with Crippen molar-refractivity contribution >= 4 is 17.7 Å². The summed E-state index contributed by atoms with van der Waals surface area (Å²) in [6.45, 7) is 2.91. The smallest absolute Gasteiger partial charge is 0.230 e. The van der Waals surface area contributed by atoms with Crippen molar-refractivity contribution in [2.45, 2.75) is 75.7 Å². The molecule has 2 aromatic rings. The Bertz CT molecular complexity index is 784. The second kappa shape index (κ2) is 11.5. The molecule has 30 heavy (non-hydrogen) atoms. The van der Waals surface area contributed by atoms with Crippen LogP contribution in [-0.2, 0) is 11.3 Å². The Hall–Kier alpha value is -1.86. The SMILES string of the molecule is CC[C@H](c1nnc(SCC(=O)NC2CCCCCC2)n1Cc1ccccc1)[NH+](C)C. The van der Waals surface area contributed by atoms with E-state index in [2.05, 4.69) is 65.4 Å². The van der Waals surface area contributed by atoms with Crippen LogP contribution in [0, 0.1) is 0 Å². The Morgan fingerprint density at radius 2 is 1.87 bits per heavy atom. The van der Waals surface area contributed by atoms with Crippen LogP contribution >= 0.6 is 11.8 Å². The maximum Gasteiger partial charge on any atom is 0.230 e. The van der Waals surface area contributed by atoms with Gasteiger partial charge in [0.25, 0.3) is 0 Å². The topological polar surface area (TPSA) is 64.2 Å². The minimum atomic E-state index is 0.105. The van der Waals surface area contributed by atoms with E-state index in [0.29, 0.717) is 11.8 Å². The van der Waals surface area contributed by atoms with Crippen LogP contribution in [0.2, 0.25) is 0 Å². The van der Waals surface area contributed by atoms with Gasteiger partial charge in [-0.25, -0.2) is 0 Å². The number of nitrogens with zero attached hydrogens (tertiary/aromatic N) is 3. The lowest BCUT2D eigenvalue weighted by Crippen LogP contribution is -3.06. The summed E-state index contributed by atoms with van der Waals surface area (Å²) in [6, 6.07) is 11.0. The van der Waals surface area contributed by atoms with Crippen molar-refractivity contribution < 1.29 is 9.69 Å². The van der Waals surface area contributed by atoms with E-state index >= 15 is 0 Å². The predicted octanol–water partition coefficient (Wildman–Crippen LogP) is 2.85. The molecule has 1 aromatic heterocycles. The van der Waals surface area contributed by atoms with E-state index in [1.807, 2.05) is 6.07 Å². The first-order valence-electron chi connectivity index (χ1n) is 11.3. The molecule has 0 spiro atoms. The van der Waals surface area contributed by atoms with Crippen molar-refractivity contribution in [2.75, 3.05) is 19.8 Å². The molecular weight excluding hydrogens is 394 g/mol. The average molecular weight is 431 g/mol. The molecule has 0 saturated heterocycles. The summed E-state index contributed by atoms with van der Waals surface area (Å²) in [7, 11) is 4.31. The zero-order chi connectivity index (χ0) is 21.3. The van der Waals surface area contributed by atoms with Gasteiger partial charge in [-0.05, 0) is 18.4 Å². The van der Waals surface area contributed by atoms with Gasteiger partial charge in [-0.2, -0.15) is 0 Å². The van der Waals surface area contributed by atoms with Gasteiger partial charge < -0.3 is 10.2 Å². The molecule has 1 aromatic carbocycles. The molecule has 1 amide bonds. The van der Waals surface area contributed by atoms with Gasteiger partial charge in [-0.15, -0.1) is 10.2 Å². The summed E-state index contributed by atoms with van der Waals surface area (Å²) in [4.78, 5) is 13.9. The van der Waals surface area contributed by atoms with Crippen LogP contribution in [-0.4, -0.2) is 46.6 Å². The number of carbonyl (C=O) groups excluding carboxylic acids is 1. The molecule has 1 saturated carbocycles. The van der Waals surface area contributed by atoms with Crippen molar-refractivity contribution in [1.29, 1.82) is 0 Å². The van der Waals surface area contributed by atoms with E-state index in [4.69, 9.17) is 0 Å². The molecule has 2 N–H and O–H groups in total. The summed E-state index contributed by atoms with van der Waals surface area (Å²) in [6.07, 6.45) is 8.22. The van der Waals surface area contributed by atoms with Gasteiger partial charge in [0.15, 0.2) is 11.0 Å². The van der Waals surface area contributed by atoms with Crippen LogP contribution < -0.4 is 10.2 Å². The number of thioether (sulfide) groups is 1. The number of carbonyl (C=O) groups is 1. The molecule has 164 valence electrons. The van der Waals surface area contributed by atoms with Crippen molar-refractivity contribution in [1.82, 2.24) is 20.1 Å². The number of aromatic nitrogens is 3. The van der Waals surface area contributed by atoms with Crippen LogP contribution in [0.1, 0.15) is 69.3 Å². The van der Waals surface area contributed by atoms with Gasteiger partial charge in [0.1, 0.15) is 6.04 Å². The van der Waals surface area contributed by atoms with E-state index in [-0.39, 0.29) is 11.9 Å². The quantitative estimate of drug-likeness (QED) is 0.474.